The third kappa shape index (κ3) is 4.88. The fraction of sp³-hybridized carbons (Fsp3) is 0.286. The molecule has 17 heavy (non-hydrogen) atoms. The number of hydrogen-bond donors (Lipinski definition) is 0. The van der Waals surface area contributed by atoms with Crippen molar-refractivity contribution in [3.63, 3.8) is 0 Å². The molecule has 88 valence electrons. The second-order valence-electron chi connectivity index (χ2n) is 3.44. The molecular weight excluding hydrogens is 232 g/mol. The molecule has 0 aromatic heterocycles. The summed E-state index contributed by atoms with van der Waals surface area (Å²) in [5, 5.41) is 0.0641. The lowest BCUT2D eigenvalue weighted by molar-refractivity contribution is -0.109. The first-order valence-corrected chi connectivity index (χ1v) is 6.37. The van der Waals surface area contributed by atoms with Crippen LogP contribution in [-0.2, 0) is 4.79 Å². The molecule has 0 spiro atoms. The van der Waals surface area contributed by atoms with Gasteiger partial charge >= 0.3 is 0 Å². The van der Waals surface area contributed by atoms with Gasteiger partial charge in [-0.3, -0.25) is 9.59 Å². The fourth-order valence-electron chi connectivity index (χ4n) is 1.25. The average Bonchev–Trinajstić information content (AvgIpc) is 2.34. The molecule has 1 aromatic rings. The number of rotatable bonds is 3. The van der Waals surface area contributed by atoms with Crippen LogP contribution in [0.25, 0.3) is 0 Å². The van der Waals surface area contributed by atoms with Gasteiger partial charge in [0, 0.05) is 24.5 Å². The summed E-state index contributed by atoms with van der Waals surface area (Å²) in [6.45, 7) is 3.36. The van der Waals surface area contributed by atoms with Crippen LogP contribution in [0.3, 0.4) is 0 Å². The minimum Gasteiger partial charge on any atom is -0.294 e. The van der Waals surface area contributed by atoms with E-state index in [0.29, 0.717) is 17.7 Å². The van der Waals surface area contributed by atoms with Gasteiger partial charge in [0.25, 0.3) is 0 Å². The highest BCUT2D eigenvalue weighted by Crippen LogP contribution is 2.07. The highest BCUT2D eigenvalue weighted by atomic mass is 32.2. The molecular formula is C14H14O2S. The van der Waals surface area contributed by atoms with Crippen LogP contribution in [-0.4, -0.2) is 16.7 Å². The molecule has 0 saturated heterocycles. The third-order valence-electron chi connectivity index (χ3n) is 2.09. The Morgan fingerprint density at radius 3 is 2.76 bits per heavy atom. The van der Waals surface area contributed by atoms with E-state index in [0.717, 1.165) is 5.56 Å². The summed E-state index contributed by atoms with van der Waals surface area (Å²) in [5.41, 5.74) is 1.51. The monoisotopic (exact) mass is 246 g/mol. The van der Waals surface area contributed by atoms with Crippen LogP contribution in [0, 0.1) is 11.8 Å². The van der Waals surface area contributed by atoms with Gasteiger partial charge in [-0.15, -0.1) is 0 Å². The second kappa shape index (κ2) is 6.93. The van der Waals surface area contributed by atoms with Crippen LogP contribution in [0.4, 0.5) is 0 Å². The van der Waals surface area contributed by atoms with Crippen LogP contribution in [0.1, 0.15) is 36.2 Å². The van der Waals surface area contributed by atoms with Gasteiger partial charge in [-0.2, -0.15) is 0 Å². The molecule has 0 saturated carbocycles. The molecule has 0 heterocycles. The largest absolute Gasteiger partial charge is 0.294 e. The molecule has 0 aliphatic rings. The standard InChI is InChI=1S/C14H14O2S/c1-3-14(16)13-8-4-6-12(10-13)7-5-9-17-11(2)15/h4,6,8,10H,3,9H2,1-2H3. The van der Waals surface area contributed by atoms with Gasteiger partial charge in [-0.1, -0.05) is 42.7 Å². The molecule has 1 rings (SSSR count). The lowest BCUT2D eigenvalue weighted by atomic mass is 10.1. The molecule has 2 nitrogen and oxygen atoms in total. The first-order chi connectivity index (χ1) is 8.13. The van der Waals surface area contributed by atoms with Gasteiger partial charge in [0.1, 0.15) is 0 Å². The molecule has 0 aliphatic carbocycles. The molecule has 0 N–H and O–H groups in total. The van der Waals surface area contributed by atoms with Crippen molar-refractivity contribution < 1.29 is 9.59 Å². The average molecular weight is 246 g/mol. The zero-order chi connectivity index (χ0) is 12.7. The van der Waals surface area contributed by atoms with Crippen molar-refractivity contribution in [3.05, 3.63) is 35.4 Å². The van der Waals surface area contributed by atoms with E-state index in [4.69, 9.17) is 0 Å². The normalized spacial score (nSPS) is 9.29. The van der Waals surface area contributed by atoms with Crippen molar-refractivity contribution in [2.75, 3.05) is 5.75 Å². The zero-order valence-electron chi connectivity index (χ0n) is 9.95. The van der Waals surface area contributed by atoms with Crippen LogP contribution in [0.15, 0.2) is 24.3 Å². The van der Waals surface area contributed by atoms with Gasteiger partial charge in [0.05, 0.1) is 5.75 Å². The molecule has 3 heteroatoms. The van der Waals surface area contributed by atoms with E-state index in [2.05, 4.69) is 11.8 Å². The summed E-state index contributed by atoms with van der Waals surface area (Å²) in [4.78, 5) is 22.2. The Balaban J connectivity index is 2.71. The van der Waals surface area contributed by atoms with E-state index in [9.17, 15) is 9.59 Å². The quantitative estimate of drug-likeness (QED) is 0.607. The Bertz CT molecular complexity index is 480. The smallest absolute Gasteiger partial charge is 0.186 e. The summed E-state index contributed by atoms with van der Waals surface area (Å²) >= 11 is 1.19. The van der Waals surface area contributed by atoms with Gasteiger partial charge < -0.3 is 0 Å². The Hall–Kier alpha value is -1.53. The van der Waals surface area contributed by atoms with Crippen LogP contribution in [0.2, 0.25) is 0 Å². The summed E-state index contributed by atoms with van der Waals surface area (Å²) < 4.78 is 0. The zero-order valence-corrected chi connectivity index (χ0v) is 10.8. The molecule has 1 aromatic carbocycles. The summed E-state index contributed by atoms with van der Waals surface area (Å²) in [5.74, 6) is 6.45. The molecule has 0 unspecified atom stereocenters. The van der Waals surface area contributed by atoms with Gasteiger partial charge in [-0.25, -0.2) is 0 Å². The van der Waals surface area contributed by atoms with Crippen molar-refractivity contribution >= 4 is 22.7 Å². The maximum atomic E-state index is 11.5. The number of Topliss-reactive ketones (excluding diaryl/α,β-unsaturated/α-hetero) is 1. The number of hydrogen-bond acceptors (Lipinski definition) is 3. The van der Waals surface area contributed by atoms with E-state index in [-0.39, 0.29) is 10.9 Å². The van der Waals surface area contributed by atoms with Gasteiger partial charge in [-0.05, 0) is 12.1 Å². The van der Waals surface area contributed by atoms with Crippen LogP contribution < -0.4 is 0 Å². The molecule has 0 bridgehead atoms. The minimum atomic E-state index is 0.0641. The van der Waals surface area contributed by atoms with E-state index in [1.807, 2.05) is 19.1 Å². The Morgan fingerprint density at radius 1 is 1.35 bits per heavy atom. The maximum absolute atomic E-state index is 11.5. The molecule has 0 atom stereocenters. The number of thioether (sulfide) groups is 1. The Kier molecular flexibility index (Phi) is 5.51. The molecule has 0 radical (unpaired) electrons. The van der Waals surface area contributed by atoms with E-state index >= 15 is 0 Å². The highest BCUT2D eigenvalue weighted by molar-refractivity contribution is 8.13. The third-order valence-corrected chi connectivity index (χ3v) is 2.78. The predicted molar refractivity (Wildman–Crippen MR) is 71.1 cm³/mol. The van der Waals surface area contributed by atoms with Gasteiger partial charge in [0.2, 0.25) is 0 Å². The van der Waals surface area contributed by atoms with Crippen molar-refractivity contribution in [3.8, 4) is 11.8 Å². The topological polar surface area (TPSA) is 34.1 Å². The predicted octanol–water partition coefficient (Wildman–Crippen LogP) is 2.91. The van der Waals surface area contributed by atoms with Crippen LogP contribution in [0.5, 0.6) is 0 Å². The Morgan fingerprint density at radius 2 is 2.12 bits per heavy atom. The lowest BCUT2D eigenvalue weighted by Gasteiger charge is -1.97. The second-order valence-corrected chi connectivity index (χ2v) is 4.59. The molecule has 0 fully saturated rings. The maximum Gasteiger partial charge on any atom is 0.186 e. The number of ketones is 1. The number of benzene rings is 1. The molecule has 0 aliphatic heterocycles. The number of carbonyl (C=O) groups is 2. The van der Waals surface area contributed by atoms with Crippen molar-refractivity contribution in [1.29, 1.82) is 0 Å². The SMILES string of the molecule is CCC(=O)c1cccc(C#CCSC(C)=O)c1. The Labute approximate surface area is 106 Å². The van der Waals surface area contributed by atoms with Crippen molar-refractivity contribution in [2.45, 2.75) is 20.3 Å². The fourth-order valence-corrected chi connectivity index (χ4v) is 1.60. The van der Waals surface area contributed by atoms with Gasteiger partial charge in [0.15, 0.2) is 10.9 Å². The lowest BCUT2D eigenvalue weighted by Crippen LogP contribution is -1.96. The van der Waals surface area contributed by atoms with E-state index in [1.165, 1.54) is 18.7 Å². The first kappa shape index (κ1) is 13.5. The van der Waals surface area contributed by atoms with E-state index < -0.39 is 0 Å². The van der Waals surface area contributed by atoms with Crippen LogP contribution >= 0.6 is 11.8 Å². The first-order valence-electron chi connectivity index (χ1n) is 5.39. The highest BCUT2D eigenvalue weighted by Gasteiger charge is 2.01. The minimum absolute atomic E-state index is 0.0641. The molecule has 0 amide bonds. The van der Waals surface area contributed by atoms with Crippen molar-refractivity contribution in [2.24, 2.45) is 0 Å². The summed E-state index contributed by atoms with van der Waals surface area (Å²) in [6, 6.07) is 7.27. The number of carbonyl (C=O) groups excluding carboxylic acids is 2. The van der Waals surface area contributed by atoms with Crippen molar-refractivity contribution in [1.82, 2.24) is 0 Å². The van der Waals surface area contributed by atoms with E-state index in [1.54, 1.807) is 12.1 Å². The summed E-state index contributed by atoms with van der Waals surface area (Å²) in [6.07, 6.45) is 0.497. The summed E-state index contributed by atoms with van der Waals surface area (Å²) in [7, 11) is 0.